The SMILES string of the molecule is C=CCN(C(=O)[C@@H]1N([C@H](CO)c2ccccc2)C(=O)[C@H]2[C@H](C(=O)OCC)[C@@H]3CC[C@]12O3)c1c(C)cccc1C. The monoisotopic (exact) mass is 532 g/mol. The number of para-hydroxylation sites is 1. The van der Waals surface area contributed by atoms with E-state index >= 15 is 0 Å². The van der Waals surface area contributed by atoms with E-state index in [0.717, 1.165) is 16.8 Å². The molecule has 0 aliphatic carbocycles. The van der Waals surface area contributed by atoms with Gasteiger partial charge in [-0.2, -0.15) is 0 Å². The standard InChI is InChI=1S/C31H36N2O6/c1-5-17-32(26-19(3)11-10-12-20(26)4)29(36)27-31-16-15-23(39-31)24(30(37)38-6-2)25(31)28(35)33(27)22(18-34)21-13-8-7-9-14-21/h5,7-14,22-25,27,34H,1,6,15-18H2,2-4H3/t22-,23+,24-,25-,27+,31-/m1/s1. The summed E-state index contributed by atoms with van der Waals surface area (Å²) in [5.74, 6) is -2.83. The average Bonchev–Trinajstić information content (AvgIpc) is 3.57. The third kappa shape index (κ3) is 4.17. The molecule has 39 heavy (non-hydrogen) atoms. The van der Waals surface area contributed by atoms with Crippen molar-refractivity contribution >= 4 is 23.5 Å². The number of carbonyl (C=O) groups is 3. The quantitative estimate of drug-likeness (QED) is 0.392. The number of rotatable bonds is 9. The van der Waals surface area contributed by atoms with E-state index in [0.29, 0.717) is 18.4 Å². The van der Waals surface area contributed by atoms with Crippen LogP contribution in [0.3, 0.4) is 0 Å². The minimum atomic E-state index is -1.20. The van der Waals surface area contributed by atoms with Crippen molar-refractivity contribution in [2.24, 2.45) is 11.8 Å². The Balaban J connectivity index is 1.67. The van der Waals surface area contributed by atoms with Gasteiger partial charge in [0.25, 0.3) is 5.91 Å². The third-order valence-electron chi connectivity index (χ3n) is 8.51. The lowest BCUT2D eigenvalue weighted by Gasteiger charge is -2.40. The van der Waals surface area contributed by atoms with Gasteiger partial charge in [0, 0.05) is 12.2 Å². The Bertz CT molecular complexity index is 1260. The average molecular weight is 533 g/mol. The van der Waals surface area contributed by atoms with E-state index in [1.165, 1.54) is 4.90 Å². The molecule has 0 radical (unpaired) electrons. The molecule has 1 N–H and O–H groups in total. The van der Waals surface area contributed by atoms with Gasteiger partial charge in [-0.1, -0.05) is 54.6 Å². The van der Waals surface area contributed by atoms with Gasteiger partial charge in [-0.15, -0.1) is 6.58 Å². The number of aryl methyl sites for hydroxylation is 2. The summed E-state index contributed by atoms with van der Waals surface area (Å²) in [6, 6.07) is 13.2. The van der Waals surface area contributed by atoms with E-state index in [9.17, 15) is 19.5 Å². The molecule has 206 valence electrons. The summed E-state index contributed by atoms with van der Waals surface area (Å²) in [5, 5.41) is 10.6. The summed E-state index contributed by atoms with van der Waals surface area (Å²) in [7, 11) is 0. The maximum atomic E-state index is 14.8. The zero-order valence-electron chi connectivity index (χ0n) is 22.7. The van der Waals surface area contributed by atoms with Crippen molar-refractivity contribution in [3.63, 3.8) is 0 Å². The normalized spacial score (nSPS) is 27.8. The highest BCUT2D eigenvalue weighted by atomic mass is 16.6. The number of nitrogens with zero attached hydrogens (tertiary/aromatic N) is 2. The Morgan fingerprint density at radius 1 is 1.21 bits per heavy atom. The van der Waals surface area contributed by atoms with Gasteiger partial charge in [0.15, 0.2) is 0 Å². The molecular weight excluding hydrogens is 496 g/mol. The molecule has 2 bridgehead atoms. The topological polar surface area (TPSA) is 96.4 Å². The molecule has 3 fully saturated rings. The van der Waals surface area contributed by atoms with E-state index in [2.05, 4.69) is 6.58 Å². The number of esters is 1. The van der Waals surface area contributed by atoms with E-state index < -0.39 is 41.6 Å². The number of benzene rings is 2. The van der Waals surface area contributed by atoms with Crippen LogP contribution in [0.2, 0.25) is 0 Å². The van der Waals surface area contributed by atoms with E-state index in [1.54, 1.807) is 17.9 Å². The summed E-state index contributed by atoms with van der Waals surface area (Å²) in [6.45, 7) is 9.53. The molecule has 8 heteroatoms. The summed E-state index contributed by atoms with van der Waals surface area (Å²) in [6.07, 6.45) is 2.17. The number of anilines is 1. The molecule has 2 aromatic rings. The van der Waals surface area contributed by atoms with Crippen molar-refractivity contribution in [3.05, 3.63) is 77.9 Å². The first kappa shape index (κ1) is 27.1. The van der Waals surface area contributed by atoms with Crippen LogP contribution in [0.5, 0.6) is 0 Å². The van der Waals surface area contributed by atoms with Gasteiger partial charge in [-0.3, -0.25) is 14.4 Å². The molecule has 5 rings (SSSR count). The van der Waals surface area contributed by atoms with Crippen LogP contribution in [-0.2, 0) is 23.9 Å². The van der Waals surface area contributed by atoms with Crippen LogP contribution in [0.25, 0.3) is 0 Å². The number of fused-ring (bicyclic) bond motifs is 1. The third-order valence-corrected chi connectivity index (χ3v) is 8.51. The van der Waals surface area contributed by atoms with Crippen molar-refractivity contribution in [2.45, 2.75) is 57.4 Å². The van der Waals surface area contributed by atoms with Gasteiger partial charge in [0.1, 0.15) is 11.6 Å². The Hall–Kier alpha value is -3.49. The van der Waals surface area contributed by atoms with Crippen LogP contribution < -0.4 is 4.90 Å². The van der Waals surface area contributed by atoms with Crippen molar-refractivity contribution in [3.8, 4) is 0 Å². The number of hydrogen-bond donors (Lipinski definition) is 1. The predicted octanol–water partition coefficient (Wildman–Crippen LogP) is 3.49. The molecule has 2 aromatic carbocycles. The molecule has 3 saturated heterocycles. The number of ether oxygens (including phenoxy) is 2. The summed E-state index contributed by atoms with van der Waals surface area (Å²) in [4.78, 5) is 45.4. The Morgan fingerprint density at radius 3 is 2.51 bits per heavy atom. The highest BCUT2D eigenvalue weighted by Gasteiger charge is 2.75. The lowest BCUT2D eigenvalue weighted by atomic mass is 9.70. The van der Waals surface area contributed by atoms with Gasteiger partial charge < -0.3 is 24.4 Å². The Labute approximate surface area is 229 Å². The number of likely N-dealkylation sites (tertiary alicyclic amines) is 1. The first-order chi connectivity index (χ1) is 18.8. The molecule has 8 nitrogen and oxygen atoms in total. The fourth-order valence-electron chi connectivity index (χ4n) is 7.04. The highest BCUT2D eigenvalue weighted by Crippen LogP contribution is 2.60. The van der Waals surface area contributed by atoms with Crippen LogP contribution in [-0.4, -0.2) is 65.3 Å². The molecule has 0 aromatic heterocycles. The highest BCUT2D eigenvalue weighted by molar-refractivity contribution is 6.05. The van der Waals surface area contributed by atoms with Crippen LogP contribution in [0, 0.1) is 25.7 Å². The van der Waals surface area contributed by atoms with Crippen molar-refractivity contribution in [1.29, 1.82) is 0 Å². The first-order valence-corrected chi connectivity index (χ1v) is 13.6. The van der Waals surface area contributed by atoms with Gasteiger partial charge in [-0.25, -0.2) is 0 Å². The van der Waals surface area contributed by atoms with Gasteiger partial charge in [0.2, 0.25) is 5.91 Å². The van der Waals surface area contributed by atoms with E-state index in [-0.39, 0.29) is 31.6 Å². The molecular formula is C31H36N2O6. The maximum absolute atomic E-state index is 14.8. The minimum absolute atomic E-state index is 0.186. The zero-order chi connectivity index (χ0) is 27.9. The maximum Gasteiger partial charge on any atom is 0.312 e. The summed E-state index contributed by atoms with van der Waals surface area (Å²) >= 11 is 0. The molecule has 0 unspecified atom stereocenters. The van der Waals surface area contributed by atoms with Crippen LogP contribution in [0.15, 0.2) is 61.2 Å². The smallest absolute Gasteiger partial charge is 0.312 e. The second-order valence-electron chi connectivity index (χ2n) is 10.6. The van der Waals surface area contributed by atoms with Gasteiger partial charge in [0.05, 0.1) is 37.2 Å². The van der Waals surface area contributed by atoms with E-state index in [4.69, 9.17) is 9.47 Å². The number of aliphatic hydroxyl groups is 1. The van der Waals surface area contributed by atoms with Crippen LogP contribution in [0.1, 0.15) is 42.5 Å². The molecule has 2 amide bonds. The Kier molecular flexibility index (Phi) is 7.35. The molecule has 1 spiro atoms. The minimum Gasteiger partial charge on any atom is -0.466 e. The first-order valence-electron chi connectivity index (χ1n) is 13.6. The zero-order valence-corrected chi connectivity index (χ0v) is 22.7. The lowest BCUT2D eigenvalue weighted by molar-refractivity contribution is -0.155. The molecule has 3 aliphatic rings. The summed E-state index contributed by atoms with van der Waals surface area (Å²) < 4.78 is 11.9. The fraction of sp³-hybridized carbons (Fsp3) is 0.452. The molecule has 3 heterocycles. The number of aliphatic hydroxyl groups excluding tert-OH is 1. The Morgan fingerprint density at radius 2 is 1.90 bits per heavy atom. The summed E-state index contributed by atoms with van der Waals surface area (Å²) in [5.41, 5.74) is 2.08. The molecule has 0 saturated carbocycles. The predicted molar refractivity (Wildman–Crippen MR) is 146 cm³/mol. The second kappa shape index (κ2) is 10.6. The second-order valence-corrected chi connectivity index (χ2v) is 10.6. The van der Waals surface area contributed by atoms with Gasteiger partial charge in [-0.05, 0) is 50.3 Å². The molecule has 6 atom stereocenters. The molecule has 3 aliphatic heterocycles. The fourth-order valence-corrected chi connectivity index (χ4v) is 7.04. The van der Waals surface area contributed by atoms with E-state index in [1.807, 2.05) is 62.4 Å². The van der Waals surface area contributed by atoms with Gasteiger partial charge >= 0.3 is 5.97 Å². The van der Waals surface area contributed by atoms with Crippen molar-refractivity contribution < 1.29 is 29.0 Å². The number of amides is 2. The largest absolute Gasteiger partial charge is 0.466 e. The van der Waals surface area contributed by atoms with Crippen molar-refractivity contribution in [1.82, 2.24) is 4.90 Å². The van der Waals surface area contributed by atoms with Crippen LogP contribution in [0.4, 0.5) is 5.69 Å². The van der Waals surface area contributed by atoms with Crippen molar-refractivity contribution in [2.75, 3.05) is 24.7 Å². The van der Waals surface area contributed by atoms with Crippen LogP contribution >= 0.6 is 0 Å². The number of carbonyl (C=O) groups excluding carboxylic acids is 3. The number of hydrogen-bond acceptors (Lipinski definition) is 6. The lowest BCUT2D eigenvalue weighted by Crippen LogP contribution is -2.57.